The van der Waals surface area contributed by atoms with Gasteiger partial charge < -0.3 is 11.6 Å². The molecule has 0 aliphatic rings. The number of rotatable bonds is 2. The van der Waals surface area contributed by atoms with Crippen LogP contribution in [-0.2, 0) is 4.79 Å². The maximum Gasteiger partial charge on any atom is 0.223 e. The average Bonchev–Trinajstić information content (AvgIpc) is 2.00. The van der Waals surface area contributed by atoms with Gasteiger partial charge in [-0.3, -0.25) is 10.1 Å². The van der Waals surface area contributed by atoms with E-state index >= 15 is 0 Å². The molecule has 0 bridgehead atoms. The molecule has 0 rings (SSSR count). The second-order valence-electron chi connectivity index (χ2n) is 2.19. The second-order valence-corrected chi connectivity index (χ2v) is 2.19. The van der Waals surface area contributed by atoms with E-state index in [1.54, 1.807) is 6.92 Å². The van der Waals surface area contributed by atoms with E-state index in [1.807, 2.05) is 0 Å². The maximum atomic E-state index is 10.5. The Labute approximate surface area is 75.6 Å². The van der Waals surface area contributed by atoms with E-state index in [2.05, 4.69) is 20.6 Å². The van der Waals surface area contributed by atoms with Crippen LogP contribution in [-0.4, -0.2) is 23.8 Å². The Kier molecular flexibility index (Phi) is 4.85. The Morgan fingerprint density at radius 2 is 2.00 bits per heavy atom. The normalized spacial score (nSPS) is 13.4. The first-order valence-corrected chi connectivity index (χ1v) is 3.45. The lowest BCUT2D eigenvalue weighted by atomic mass is 10.5. The number of hydrazone groups is 1. The fourth-order valence-corrected chi connectivity index (χ4v) is 0.472. The van der Waals surface area contributed by atoms with E-state index in [1.165, 1.54) is 13.1 Å². The molecule has 5 N–H and O–H groups in total. The van der Waals surface area contributed by atoms with Crippen LogP contribution in [0.5, 0.6) is 0 Å². The maximum absolute atomic E-state index is 10.5. The summed E-state index contributed by atoms with van der Waals surface area (Å²) in [6.45, 7) is 2.96. The number of guanidine groups is 1. The summed E-state index contributed by atoms with van der Waals surface area (Å²) in [5.74, 6) is 4.48. The van der Waals surface area contributed by atoms with Crippen LogP contribution in [0.15, 0.2) is 15.3 Å². The Morgan fingerprint density at radius 1 is 1.38 bits per heavy atom. The standard InChI is InChI=1S/C6H12N6O/c1-4(3-9-8)11-12-6(7)10-5(2)13/h3H,8H2,1-2H3,(H3,7,10,12,13)/b9-3+,11-4+. The highest BCUT2D eigenvalue weighted by molar-refractivity contribution is 6.29. The van der Waals surface area contributed by atoms with Crippen LogP contribution < -0.4 is 16.9 Å². The minimum atomic E-state index is -0.304. The van der Waals surface area contributed by atoms with E-state index in [9.17, 15) is 4.79 Å². The van der Waals surface area contributed by atoms with Crippen molar-refractivity contribution in [2.45, 2.75) is 13.8 Å². The predicted molar refractivity (Wildman–Crippen MR) is 51.2 cm³/mol. The molecule has 13 heavy (non-hydrogen) atoms. The summed E-state index contributed by atoms with van der Waals surface area (Å²) in [5.41, 5.74) is 5.74. The van der Waals surface area contributed by atoms with E-state index in [-0.39, 0.29) is 11.9 Å². The highest BCUT2D eigenvalue weighted by Gasteiger charge is 1.92. The van der Waals surface area contributed by atoms with Crippen LogP contribution >= 0.6 is 0 Å². The molecule has 0 aliphatic heterocycles. The molecule has 0 fully saturated rings. The summed E-state index contributed by atoms with van der Waals surface area (Å²) in [4.78, 5) is 10.5. The largest absolute Gasteiger partial charge is 0.368 e. The van der Waals surface area contributed by atoms with Gasteiger partial charge in [0, 0.05) is 6.92 Å². The van der Waals surface area contributed by atoms with Gasteiger partial charge in [0.25, 0.3) is 0 Å². The fraction of sp³-hybridized carbons (Fsp3) is 0.333. The highest BCUT2D eigenvalue weighted by atomic mass is 16.1. The van der Waals surface area contributed by atoms with E-state index in [4.69, 9.17) is 11.6 Å². The van der Waals surface area contributed by atoms with Crippen molar-refractivity contribution >= 4 is 23.8 Å². The van der Waals surface area contributed by atoms with Gasteiger partial charge >= 0.3 is 0 Å². The van der Waals surface area contributed by atoms with E-state index in [0.29, 0.717) is 5.71 Å². The molecule has 0 aromatic carbocycles. The van der Waals surface area contributed by atoms with Crippen LogP contribution in [0.4, 0.5) is 0 Å². The number of nitrogens with zero attached hydrogens (tertiary/aromatic N) is 3. The minimum absolute atomic E-state index is 0.0720. The molecule has 0 heterocycles. The van der Waals surface area contributed by atoms with Gasteiger partial charge in [0.05, 0.1) is 11.9 Å². The number of carbonyl (C=O) groups is 1. The Balaban J connectivity index is 4.24. The quantitative estimate of drug-likeness (QED) is 0.215. The van der Waals surface area contributed by atoms with Gasteiger partial charge in [-0.2, -0.15) is 10.2 Å². The number of nitrogens with one attached hydrogen (secondary N) is 1. The smallest absolute Gasteiger partial charge is 0.223 e. The molecule has 7 heteroatoms. The zero-order valence-electron chi connectivity index (χ0n) is 7.48. The molecule has 72 valence electrons. The highest BCUT2D eigenvalue weighted by Crippen LogP contribution is 1.75. The molecule has 0 unspecified atom stereocenters. The van der Waals surface area contributed by atoms with Crippen molar-refractivity contribution < 1.29 is 4.79 Å². The van der Waals surface area contributed by atoms with E-state index < -0.39 is 0 Å². The minimum Gasteiger partial charge on any atom is -0.368 e. The Morgan fingerprint density at radius 3 is 2.46 bits per heavy atom. The van der Waals surface area contributed by atoms with Crippen molar-refractivity contribution in [3.63, 3.8) is 0 Å². The summed E-state index contributed by atoms with van der Waals surface area (Å²) < 4.78 is 0. The second kappa shape index (κ2) is 5.70. The number of hydrogen-bond donors (Lipinski definition) is 3. The lowest BCUT2D eigenvalue weighted by Crippen LogP contribution is -2.34. The van der Waals surface area contributed by atoms with Crippen molar-refractivity contribution in [3.8, 4) is 0 Å². The van der Waals surface area contributed by atoms with Gasteiger partial charge in [-0.05, 0) is 6.92 Å². The molecule has 0 saturated heterocycles. The van der Waals surface area contributed by atoms with Gasteiger partial charge in [-0.1, -0.05) is 0 Å². The zero-order valence-corrected chi connectivity index (χ0v) is 7.48. The summed E-state index contributed by atoms with van der Waals surface area (Å²) in [6, 6.07) is 0. The summed E-state index contributed by atoms with van der Waals surface area (Å²) in [6.07, 6.45) is 1.31. The summed E-state index contributed by atoms with van der Waals surface area (Å²) >= 11 is 0. The van der Waals surface area contributed by atoms with Gasteiger partial charge in [0.2, 0.25) is 11.9 Å². The van der Waals surface area contributed by atoms with Crippen LogP contribution in [0.3, 0.4) is 0 Å². The molecule has 0 saturated carbocycles. The molecular weight excluding hydrogens is 172 g/mol. The first kappa shape index (κ1) is 11.1. The third-order valence-corrected chi connectivity index (χ3v) is 0.881. The van der Waals surface area contributed by atoms with Crippen molar-refractivity contribution in [2.24, 2.45) is 26.9 Å². The molecule has 0 aromatic heterocycles. The first-order valence-electron chi connectivity index (χ1n) is 3.45. The Bertz CT molecular complexity index is 266. The molecule has 0 radical (unpaired) electrons. The van der Waals surface area contributed by atoms with Crippen LogP contribution in [0.1, 0.15) is 13.8 Å². The summed E-state index contributed by atoms with van der Waals surface area (Å²) in [7, 11) is 0. The predicted octanol–water partition coefficient (Wildman–Crippen LogP) is -1.24. The van der Waals surface area contributed by atoms with Gasteiger partial charge in [-0.15, -0.1) is 5.10 Å². The third kappa shape index (κ3) is 6.48. The van der Waals surface area contributed by atoms with Gasteiger partial charge in [0.1, 0.15) is 0 Å². The van der Waals surface area contributed by atoms with Crippen molar-refractivity contribution in [1.29, 1.82) is 0 Å². The number of amides is 1. The number of carbonyl (C=O) groups excluding carboxylic acids is 1. The van der Waals surface area contributed by atoms with Crippen LogP contribution in [0.25, 0.3) is 0 Å². The van der Waals surface area contributed by atoms with Gasteiger partial charge in [-0.25, -0.2) is 0 Å². The number of nitrogens with two attached hydrogens (primary N) is 2. The lowest BCUT2D eigenvalue weighted by Gasteiger charge is -1.96. The molecule has 7 nitrogen and oxygen atoms in total. The van der Waals surface area contributed by atoms with Crippen LogP contribution in [0, 0.1) is 0 Å². The van der Waals surface area contributed by atoms with Crippen molar-refractivity contribution in [2.75, 3.05) is 0 Å². The average molecular weight is 184 g/mol. The van der Waals surface area contributed by atoms with Crippen LogP contribution in [0.2, 0.25) is 0 Å². The van der Waals surface area contributed by atoms with Crippen molar-refractivity contribution in [1.82, 2.24) is 5.32 Å². The van der Waals surface area contributed by atoms with E-state index in [0.717, 1.165) is 0 Å². The molecule has 0 spiro atoms. The SMILES string of the molecule is CC(=O)N/C(N)=N/N=C(C)/C=N/N. The third-order valence-electron chi connectivity index (χ3n) is 0.881. The molecule has 0 aliphatic carbocycles. The first-order chi connectivity index (χ1) is 6.06. The monoisotopic (exact) mass is 184 g/mol. The summed E-state index contributed by atoms with van der Waals surface area (Å²) in [5, 5.41) is 12.6. The van der Waals surface area contributed by atoms with Gasteiger partial charge in [0.15, 0.2) is 0 Å². The molecule has 0 atom stereocenters. The fourth-order valence-electron chi connectivity index (χ4n) is 0.472. The number of hydrogen-bond acceptors (Lipinski definition) is 5. The molecule has 1 amide bonds. The molecule has 0 aromatic rings. The van der Waals surface area contributed by atoms with Crippen molar-refractivity contribution in [3.05, 3.63) is 0 Å². The molecular formula is C6H12N6O. The topological polar surface area (TPSA) is 118 Å². The lowest BCUT2D eigenvalue weighted by molar-refractivity contribution is -0.117. The zero-order chi connectivity index (χ0) is 10.3. The Hall–Kier alpha value is -1.92.